The Hall–Kier alpha value is -3.84. The van der Waals surface area contributed by atoms with Crippen LogP contribution in [0, 0.1) is 5.82 Å². The van der Waals surface area contributed by atoms with Gasteiger partial charge in [-0.3, -0.25) is 13.7 Å². The van der Waals surface area contributed by atoms with E-state index in [-0.39, 0.29) is 11.7 Å². The Kier molecular flexibility index (Phi) is 6.90. The van der Waals surface area contributed by atoms with Gasteiger partial charge in [-0.05, 0) is 60.2 Å². The van der Waals surface area contributed by atoms with Crippen molar-refractivity contribution in [3.05, 3.63) is 108 Å². The molecule has 5 nitrogen and oxygen atoms in total. The van der Waals surface area contributed by atoms with Gasteiger partial charge >= 0.3 is 0 Å². The minimum atomic E-state index is -1.12. The molecular weight excluding hydrogens is 437 g/mol. The molecule has 7 heteroatoms. The molecule has 1 amide bonds. The molecule has 1 aromatic heterocycles. The highest BCUT2D eigenvalue weighted by Crippen LogP contribution is 2.24. The van der Waals surface area contributed by atoms with Gasteiger partial charge in [0.15, 0.2) is 0 Å². The van der Waals surface area contributed by atoms with Crippen LogP contribution in [0.4, 0.5) is 10.1 Å². The van der Waals surface area contributed by atoms with Crippen molar-refractivity contribution in [2.45, 2.75) is 10.6 Å². The van der Waals surface area contributed by atoms with Crippen molar-refractivity contribution in [2.24, 2.45) is 7.05 Å². The molecule has 1 heterocycles. The van der Waals surface area contributed by atoms with E-state index >= 15 is 0 Å². The molecule has 0 saturated heterocycles. The number of benzene rings is 3. The first kappa shape index (κ1) is 22.4. The maximum Gasteiger partial charge on any atom is 0.248 e. The normalized spacial score (nSPS) is 12.1. The number of hydrogen-bond donors (Lipinski definition) is 1. The number of aryl methyl sites for hydroxylation is 1. The van der Waals surface area contributed by atoms with Gasteiger partial charge in [-0.2, -0.15) is 5.10 Å². The van der Waals surface area contributed by atoms with Crippen molar-refractivity contribution >= 4 is 28.5 Å². The van der Waals surface area contributed by atoms with Gasteiger partial charge in [0.25, 0.3) is 0 Å². The standard InChI is InChI=1S/C26H22FN3O2S/c1-30-26(20-9-12-22(27)13-10-20)21(17-28-30)11-16-25(31)29-23-14-7-19(8-15-23)18-33(32)24-5-3-2-4-6-24/h2-17H,18H2,1H3,(H,29,31). The quantitative estimate of drug-likeness (QED) is 0.387. The first-order valence-electron chi connectivity index (χ1n) is 10.3. The lowest BCUT2D eigenvalue weighted by Gasteiger charge is -2.06. The second-order valence-corrected chi connectivity index (χ2v) is 8.85. The molecule has 4 rings (SSSR count). The minimum absolute atomic E-state index is 0.287. The molecule has 0 aliphatic heterocycles. The Labute approximate surface area is 194 Å². The van der Waals surface area contributed by atoms with Crippen molar-refractivity contribution < 1.29 is 13.4 Å². The fourth-order valence-corrected chi connectivity index (χ4v) is 4.50. The molecule has 0 spiro atoms. The SMILES string of the molecule is Cn1ncc(C=CC(=O)Nc2ccc(CS(=O)c3ccccc3)cc2)c1-c1ccc(F)cc1. The number of nitrogens with one attached hydrogen (secondary N) is 1. The number of aromatic nitrogens is 2. The highest BCUT2D eigenvalue weighted by molar-refractivity contribution is 7.84. The van der Waals surface area contributed by atoms with Gasteiger partial charge in [0.05, 0.1) is 28.4 Å². The topological polar surface area (TPSA) is 64.0 Å². The molecule has 33 heavy (non-hydrogen) atoms. The summed E-state index contributed by atoms with van der Waals surface area (Å²) in [5.41, 5.74) is 3.90. The van der Waals surface area contributed by atoms with Gasteiger partial charge in [0.1, 0.15) is 5.82 Å². The van der Waals surface area contributed by atoms with Gasteiger partial charge in [0, 0.05) is 34.8 Å². The zero-order valence-electron chi connectivity index (χ0n) is 17.9. The Bertz CT molecular complexity index is 1300. The van der Waals surface area contributed by atoms with Crippen LogP contribution < -0.4 is 5.32 Å². The first-order valence-corrected chi connectivity index (χ1v) is 11.6. The molecule has 0 saturated carbocycles. The third-order valence-electron chi connectivity index (χ3n) is 5.02. The molecule has 4 aromatic rings. The summed E-state index contributed by atoms with van der Waals surface area (Å²) >= 11 is 0. The van der Waals surface area contributed by atoms with Crippen molar-refractivity contribution in [1.29, 1.82) is 0 Å². The van der Waals surface area contributed by atoms with Crippen LogP contribution in [0.2, 0.25) is 0 Å². The lowest BCUT2D eigenvalue weighted by molar-refractivity contribution is -0.111. The third kappa shape index (κ3) is 5.70. The fourth-order valence-electron chi connectivity index (χ4n) is 3.38. The molecule has 1 atom stereocenters. The van der Waals surface area contributed by atoms with Crippen LogP contribution in [0.15, 0.2) is 96.0 Å². The van der Waals surface area contributed by atoms with E-state index in [0.29, 0.717) is 11.4 Å². The van der Waals surface area contributed by atoms with Crippen LogP contribution in [-0.4, -0.2) is 19.9 Å². The second-order valence-electron chi connectivity index (χ2n) is 7.40. The number of anilines is 1. The molecule has 166 valence electrons. The number of hydrogen-bond acceptors (Lipinski definition) is 3. The maximum absolute atomic E-state index is 13.3. The minimum Gasteiger partial charge on any atom is -0.323 e. The zero-order valence-corrected chi connectivity index (χ0v) is 18.8. The van der Waals surface area contributed by atoms with E-state index in [9.17, 15) is 13.4 Å². The van der Waals surface area contributed by atoms with Crippen molar-refractivity contribution in [3.63, 3.8) is 0 Å². The highest BCUT2D eigenvalue weighted by atomic mass is 32.2. The van der Waals surface area contributed by atoms with E-state index < -0.39 is 10.8 Å². The van der Waals surface area contributed by atoms with E-state index in [2.05, 4.69) is 10.4 Å². The zero-order chi connectivity index (χ0) is 23.2. The second kappa shape index (κ2) is 10.2. The van der Waals surface area contributed by atoms with E-state index in [1.54, 1.807) is 48.3 Å². The first-order chi connectivity index (χ1) is 16.0. The summed E-state index contributed by atoms with van der Waals surface area (Å²) in [7, 11) is 0.673. The Morgan fingerprint density at radius 2 is 1.73 bits per heavy atom. The number of nitrogens with zero attached hydrogens (tertiary/aromatic N) is 2. The Balaban J connectivity index is 1.39. The Morgan fingerprint density at radius 3 is 2.42 bits per heavy atom. The molecule has 0 radical (unpaired) electrons. The number of rotatable bonds is 7. The van der Waals surface area contributed by atoms with Crippen LogP contribution in [0.1, 0.15) is 11.1 Å². The molecule has 0 aliphatic carbocycles. The van der Waals surface area contributed by atoms with Crippen molar-refractivity contribution in [3.8, 4) is 11.3 Å². The lowest BCUT2D eigenvalue weighted by Crippen LogP contribution is -2.07. The van der Waals surface area contributed by atoms with Crippen LogP contribution in [0.3, 0.4) is 0 Å². The molecule has 0 fully saturated rings. The lowest BCUT2D eigenvalue weighted by atomic mass is 10.1. The molecule has 0 bridgehead atoms. The number of amides is 1. The summed E-state index contributed by atoms with van der Waals surface area (Å²) in [5, 5.41) is 7.07. The van der Waals surface area contributed by atoms with Crippen LogP contribution >= 0.6 is 0 Å². The van der Waals surface area contributed by atoms with E-state index in [1.165, 1.54) is 18.2 Å². The summed E-state index contributed by atoms with van der Waals surface area (Å²) < 4.78 is 27.4. The summed E-state index contributed by atoms with van der Waals surface area (Å²) in [5.74, 6) is -0.190. The van der Waals surface area contributed by atoms with E-state index in [0.717, 1.165) is 27.3 Å². The van der Waals surface area contributed by atoms with Crippen LogP contribution in [-0.2, 0) is 28.4 Å². The van der Waals surface area contributed by atoms with Gasteiger partial charge in [-0.1, -0.05) is 30.3 Å². The largest absolute Gasteiger partial charge is 0.323 e. The highest BCUT2D eigenvalue weighted by Gasteiger charge is 2.10. The smallest absolute Gasteiger partial charge is 0.248 e. The Morgan fingerprint density at radius 1 is 1.03 bits per heavy atom. The third-order valence-corrected chi connectivity index (χ3v) is 6.42. The molecule has 1 N–H and O–H groups in total. The summed E-state index contributed by atoms with van der Waals surface area (Å²) in [6.45, 7) is 0. The van der Waals surface area contributed by atoms with Crippen LogP contribution in [0.5, 0.6) is 0 Å². The number of carbonyl (C=O) groups excluding carboxylic acids is 1. The summed E-state index contributed by atoms with van der Waals surface area (Å²) in [4.78, 5) is 13.2. The van der Waals surface area contributed by atoms with E-state index in [1.807, 2.05) is 42.5 Å². The van der Waals surface area contributed by atoms with Crippen molar-refractivity contribution in [2.75, 3.05) is 5.32 Å². The average Bonchev–Trinajstić information content (AvgIpc) is 3.20. The van der Waals surface area contributed by atoms with Gasteiger partial charge in [-0.25, -0.2) is 4.39 Å². The average molecular weight is 460 g/mol. The molecule has 0 aliphatic rings. The van der Waals surface area contributed by atoms with E-state index in [4.69, 9.17) is 0 Å². The number of halogens is 1. The summed E-state index contributed by atoms with van der Waals surface area (Å²) in [6, 6.07) is 22.7. The fraction of sp³-hybridized carbons (Fsp3) is 0.0769. The maximum atomic E-state index is 13.3. The van der Waals surface area contributed by atoms with Gasteiger partial charge < -0.3 is 5.32 Å². The van der Waals surface area contributed by atoms with Crippen LogP contribution in [0.25, 0.3) is 17.3 Å². The molecule has 3 aromatic carbocycles. The summed E-state index contributed by atoms with van der Waals surface area (Å²) in [6.07, 6.45) is 4.77. The monoisotopic (exact) mass is 459 g/mol. The van der Waals surface area contributed by atoms with Gasteiger partial charge in [-0.15, -0.1) is 0 Å². The molecule has 1 unspecified atom stereocenters. The molecular formula is C26H22FN3O2S. The predicted molar refractivity (Wildman–Crippen MR) is 129 cm³/mol. The van der Waals surface area contributed by atoms with Gasteiger partial charge in [0.2, 0.25) is 5.91 Å². The van der Waals surface area contributed by atoms with Crippen molar-refractivity contribution in [1.82, 2.24) is 9.78 Å². The number of carbonyl (C=O) groups is 1. The predicted octanol–water partition coefficient (Wildman–Crippen LogP) is 5.19.